The van der Waals surface area contributed by atoms with Crippen LogP contribution >= 0.6 is 0 Å². The van der Waals surface area contributed by atoms with E-state index in [0.29, 0.717) is 16.4 Å². The van der Waals surface area contributed by atoms with Gasteiger partial charge in [0.05, 0.1) is 0 Å². The zero-order chi connectivity index (χ0) is 24.0. The molecule has 0 bridgehead atoms. The lowest BCUT2D eigenvalue weighted by Crippen LogP contribution is -2.54. The minimum Gasteiger partial charge on any atom is -0.459 e. The van der Waals surface area contributed by atoms with E-state index in [1.54, 1.807) is 6.92 Å². The van der Waals surface area contributed by atoms with Crippen molar-refractivity contribution in [3.63, 3.8) is 0 Å². The standard InChI is InChI=1S/C31H52O2/c1-20(2)9-8-10-22(5)26-13-14-27-25-12-11-23-19-24(33-29(32)21(3)4)15-17-30(23,6)28(25)16-18-31(26,27)7/h20,22-28H,3,8-19H2,1-2,4-7H3/t22-,23+,24?,25-,26-,27-,28-,30-,31+/m0/s1. The molecule has 188 valence electrons. The number of fused-ring (bicyclic) bond motifs is 5. The van der Waals surface area contributed by atoms with Crippen molar-refractivity contribution in [1.82, 2.24) is 0 Å². The maximum atomic E-state index is 12.1. The Labute approximate surface area is 204 Å². The van der Waals surface area contributed by atoms with Crippen molar-refractivity contribution in [2.75, 3.05) is 0 Å². The average molecular weight is 457 g/mol. The summed E-state index contributed by atoms with van der Waals surface area (Å²) in [7, 11) is 0. The Hall–Kier alpha value is -0.790. The third kappa shape index (κ3) is 4.71. The summed E-state index contributed by atoms with van der Waals surface area (Å²) in [5.74, 6) is 5.99. The molecular formula is C31H52O2. The van der Waals surface area contributed by atoms with Gasteiger partial charge in [-0.05, 0) is 117 Å². The number of carbonyl (C=O) groups excluding carboxylic acids is 1. The molecule has 0 radical (unpaired) electrons. The normalized spacial score (nSPS) is 43.4. The highest BCUT2D eigenvalue weighted by Gasteiger charge is 2.60. The molecule has 9 atom stereocenters. The molecule has 4 fully saturated rings. The van der Waals surface area contributed by atoms with Crippen LogP contribution in [0.5, 0.6) is 0 Å². The fourth-order valence-corrected chi connectivity index (χ4v) is 9.60. The SMILES string of the molecule is C=C(C)C(=O)OC1CC[C@@]2(C)[C@H](CC[C@H]3[C@@H]4CC[C@@H]([C@@H](C)CCCC(C)C)[C@@]4(C)CC[C@@H]32)C1. The number of rotatable bonds is 7. The highest BCUT2D eigenvalue weighted by Crippen LogP contribution is 2.68. The molecule has 0 aliphatic heterocycles. The van der Waals surface area contributed by atoms with Gasteiger partial charge in [0, 0.05) is 5.57 Å². The maximum Gasteiger partial charge on any atom is 0.333 e. The molecule has 33 heavy (non-hydrogen) atoms. The number of esters is 1. The summed E-state index contributed by atoms with van der Waals surface area (Å²) in [5, 5.41) is 0. The minimum atomic E-state index is -0.190. The Kier molecular flexibility index (Phi) is 7.43. The summed E-state index contributed by atoms with van der Waals surface area (Å²) in [6, 6.07) is 0. The summed E-state index contributed by atoms with van der Waals surface area (Å²) in [6.45, 7) is 18.2. The number of carbonyl (C=O) groups is 1. The van der Waals surface area contributed by atoms with Crippen LogP contribution in [0.2, 0.25) is 0 Å². The molecule has 4 aliphatic carbocycles. The van der Waals surface area contributed by atoms with E-state index in [0.717, 1.165) is 54.3 Å². The largest absolute Gasteiger partial charge is 0.459 e. The molecule has 0 N–H and O–H groups in total. The fraction of sp³-hybridized carbons (Fsp3) is 0.903. The third-order valence-corrected chi connectivity index (χ3v) is 11.4. The molecule has 1 unspecified atom stereocenters. The molecule has 0 aromatic rings. The Balaban J connectivity index is 1.41. The van der Waals surface area contributed by atoms with Gasteiger partial charge in [-0.3, -0.25) is 0 Å². The van der Waals surface area contributed by atoms with E-state index in [1.807, 2.05) is 0 Å². The van der Waals surface area contributed by atoms with Crippen molar-refractivity contribution in [3.05, 3.63) is 12.2 Å². The smallest absolute Gasteiger partial charge is 0.333 e. The van der Waals surface area contributed by atoms with Crippen LogP contribution in [0.1, 0.15) is 119 Å². The summed E-state index contributed by atoms with van der Waals surface area (Å²) in [4.78, 5) is 12.1. The van der Waals surface area contributed by atoms with Crippen LogP contribution in [0, 0.1) is 52.3 Å². The maximum absolute atomic E-state index is 12.1. The van der Waals surface area contributed by atoms with E-state index >= 15 is 0 Å². The molecule has 4 aliphatic rings. The van der Waals surface area contributed by atoms with Crippen molar-refractivity contribution in [1.29, 1.82) is 0 Å². The lowest BCUT2D eigenvalue weighted by molar-refractivity contribution is -0.158. The van der Waals surface area contributed by atoms with Crippen LogP contribution in [-0.4, -0.2) is 12.1 Å². The Bertz CT molecular complexity index is 724. The second-order valence-electron chi connectivity index (χ2n) is 13.8. The fourth-order valence-electron chi connectivity index (χ4n) is 9.60. The Morgan fingerprint density at radius 3 is 2.33 bits per heavy atom. The van der Waals surface area contributed by atoms with E-state index in [9.17, 15) is 4.79 Å². The first-order valence-electron chi connectivity index (χ1n) is 14.4. The predicted octanol–water partition coefficient (Wildman–Crippen LogP) is 8.60. The first-order chi connectivity index (χ1) is 15.6. The molecule has 0 saturated heterocycles. The zero-order valence-corrected chi connectivity index (χ0v) is 22.6. The quantitative estimate of drug-likeness (QED) is 0.283. The van der Waals surface area contributed by atoms with Crippen LogP contribution in [0.15, 0.2) is 12.2 Å². The highest BCUT2D eigenvalue weighted by molar-refractivity contribution is 5.87. The van der Waals surface area contributed by atoms with E-state index < -0.39 is 0 Å². The molecule has 2 heteroatoms. The van der Waals surface area contributed by atoms with Crippen LogP contribution in [-0.2, 0) is 9.53 Å². The second kappa shape index (κ2) is 9.69. The van der Waals surface area contributed by atoms with Gasteiger partial charge in [0.25, 0.3) is 0 Å². The van der Waals surface area contributed by atoms with E-state index in [4.69, 9.17) is 4.74 Å². The molecule has 2 nitrogen and oxygen atoms in total. The molecule has 4 rings (SSSR count). The van der Waals surface area contributed by atoms with E-state index in [-0.39, 0.29) is 12.1 Å². The van der Waals surface area contributed by atoms with Gasteiger partial charge in [-0.15, -0.1) is 0 Å². The molecule has 0 aromatic heterocycles. The van der Waals surface area contributed by atoms with Gasteiger partial charge in [-0.2, -0.15) is 0 Å². The topological polar surface area (TPSA) is 26.3 Å². The van der Waals surface area contributed by atoms with Crippen LogP contribution in [0.25, 0.3) is 0 Å². The Morgan fingerprint density at radius 1 is 0.939 bits per heavy atom. The van der Waals surface area contributed by atoms with Crippen LogP contribution < -0.4 is 0 Å². The van der Waals surface area contributed by atoms with Crippen molar-refractivity contribution in [2.24, 2.45) is 52.3 Å². The zero-order valence-electron chi connectivity index (χ0n) is 22.6. The van der Waals surface area contributed by atoms with Gasteiger partial charge in [0.15, 0.2) is 0 Å². The van der Waals surface area contributed by atoms with Gasteiger partial charge in [-0.25, -0.2) is 4.79 Å². The Morgan fingerprint density at radius 2 is 1.64 bits per heavy atom. The second-order valence-corrected chi connectivity index (χ2v) is 13.8. The van der Waals surface area contributed by atoms with Crippen molar-refractivity contribution in [2.45, 2.75) is 125 Å². The van der Waals surface area contributed by atoms with E-state index in [1.165, 1.54) is 64.2 Å². The van der Waals surface area contributed by atoms with Gasteiger partial charge < -0.3 is 4.74 Å². The first kappa shape index (κ1) is 25.3. The molecule has 0 spiro atoms. The lowest BCUT2D eigenvalue weighted by Gasteiger charge is -2.61. The minimum absolute atomic E-state index is 0.111. The highest BCUT2D eigenvalue weighted by atomic mass is 16.5. The van der Waals surface area contributed by atoms with Gasteiger partial charge in [0.2, 0.25) is 0 Å². The molecule has 0 amide bonds. The molecule has 0 aromatic carbocycles. The number of hydrogen-bond acceptors (Lipinski definition) is 2. The van der Waals surface area contributed by atoms with Crippen molar-refractivity contribution in [3.8, 4) is 0 Å². The summed E-state index contributed by atoms with van der Waals surface area (Å²) < 4.78 is 5.82. The first-order valence-corrected chi connectivity index (χ1v) is 14.4. The van der Waals surface area contributed by atoms with Crippen molar-refractivity contribution < 1.29 is 9.53 Å². The molecule has 4 saturated carbocycles. The van der Waals surface area contributed by atoms with Crippen LogP contribution in [0.3, 0.4) is 0 Å². The number of ether oxygens (including phenoxy) is 1. The van der Waals surface area contributed by atoms with Gasteiger partial charge >= 0.3 is 5.97 Å². The number of hydrogen-bond donors (Lipinski definition) is 0. The average Bonchev–Trinajstić information content (AvgIpc) is 3.11. The monoisotopic (exact) mass is 456 g/mol. The van der Waals surface area contributed by atoms with Gasteiger partial charge in [-0.1, -0.05) is 60.5 Å². The molecule has 0 heterocycles. The van der Waals surface area contributed by atoms with E-state index in [2.05, 4.69) is 41.2 Å². The molecular weight excluding hydrogens is 404 g/mol. The summed E-state index contributed by atoms with van der Waals surface area (Å²) in [5.41, 5.74) is 1.57. The third-order valence-electron chi connectivity index (χ3n) is 11.4. The van der Waals surface area contributed by atoms with Gasteiger partial charge in [0.1, 0.15) is 6.10 Å². The lowest BCUT2D eigenvalue weighted by atomic mass is 9.44. The summed E-state index contributed by atoms with van der Waals surface area (Å²) >= 11 is 0. The summed E-state index contributed by atoms with van der Waals surface area (Å²) in [6.07, 6.45) is 16.3. The predicted molar refractivity (Wildman–Crippen MR) is 138 cm³/mol. The van der Waals surface area contributed by atoms with Crippen molar-refractivity contribution >= 4 is 5.97 Å². The van der Waals surface area contributed by atoms with Crippen LogP contribution in [0.4, 0.5) is 0 Å².